The number of methoxy groups -OCH3 is 3. The van der Waals surface area contributed by atoms with Crippen molar-refractivity contribution in [3.8, 4) is 34.8 Å². The summed E-state index contributed by atoms with van der Waals surface area (Å²) in [5.74, 6) is -0.217. The number of carbonyl (C=O) groups excluding carboxylic acids is 1. The summed E-state index contributed by atoms with van der Waals surface area (Å²) in [5.41, 5.74) is 2.30. The number of aromatic nitrogens is 1. The Morgan fingerprint density at radius 3 is 1.95 bits per heavy atom. The van der Waals surface area contributed by atoms with Crippen molar-refractivity contribution >= 4 is 11.6 Å². The van der Waals surface area contributed by atoms with Gasteiger partial charge in [0, 0.05) is 17.3 Å². The summed E-state index contributed by atoms with van der Waals surface area (Å²) in [5, 5.41) is 22.0. The Hall–Kier alpha value is -4.79. The van der Waals surface area contributed by atoms with Gasteiger partial charge in [0.1, 0.15) is 24.1 Å². The molecule has 9 heteroatoms. The average molecular weight is 517 g/mol. The van der Waals surface area contributed by atoms with Crippen LogP contribution in [0.15, 0.2) is 78.9 Å². The van der Waals surface area contributed by atoms with Crippen LogP contribution >= 0.6 is 0 Å². The molecule has 38 heavy (non-hydrogen) atoms. The van der Waals surface area contributed by atoms with Gasteiger partial charge in [-0.15, -0.1) is 0 Å². The van der Waals surface area contributed by atoms with E-state index in [9.17, 15) is 15.0 Å². The molecule has 2 heterocycles. The number of β-lactam (4-membered cyclic amide) rings is 1. The average Bonchev–Trinajstić information content (AvgIpc) is 3.19. The lowest BCUT2D eigenvalue weighted by Gasteiger charge is -2.48. The molecular formula is C29H28N2O7. The van der Waals surface area contributed by atoms with E-state index in [-0.39, 0.29) is 17.4 Å². The molecular weight excluding hydrogens is 488 g/mol. The molecule has 0 bridgehead atoms. The Morgan fingerprint density at radius 1 is 0.763 bits per heavy atom. The largest absolute Gasteiger partial charge is 0.497 e. The molecule has 0 saturated carbocycles. The number of hydrogen-bond donors (Lipinski definition) is 2. The fourth-order valence-electron chi connectivity index (χ4n) is 4.81. The molecule has 0 aliphatic carbocycles. The number of para-hydroxylation sites is 1. The van der Waals surface area contributed by atoms with Gasteiger partial charge in [0.25, 0.3) is 5.91 Å². The molecule has 0 spiro atoms. The van der Waals surface area contributed by atoms with Gasteiger partial charge in [-0.3, -0.25) is 9.36 Å². The van der Waals surface area contributed by atoms with E-state index in [1.54, 1.807) is 24.1 Å². The van der Waals surface area contributed by atoms with E-state index in [0.29, 0.717) is 29.4 Å². The maximum atomic E-state index is 13.7. The molecule has 1 fully saturated rings. The molecule has 0 radical (unpaired) electrons. The van der Waals surface area contributed by atoms with Crippen LogP contribution in [0.2, 0.25) is 0 Å². The van der Waals surface area contributed by atoms with E-state index in [1.165, 1.54) is 14.2 Å². The number of ether oxygens (including phenoxy) is 4. The van der Waals surface area contributed by atoms with Gasteiger partial charge in [-0.25, -0.2) is 0 Å². The molecule has 1 unspecified atom stereocenters. The van der Waals surface area contributed by atoms with Gasteiger partial charge in [-0.2, -0.15) is 0 Å². The molecule has 1 aliphatic heterocycles. The van der Waals surface area contributed by atoms with E-state index in [1.807, 2.05) is 66.7 Å². The zero-order chi connectivity index (χ0) is 26.8. The molecule has 4 aromatic rings. The van der Waals surface area contributed by atoms with Crippen LogP contribution in [0.4, 0.5) is 5.69 Å². The zero-order valence-corrected chi connectivity index (χ0v) is 21.2. The van der Waals surface area contributed by atoms with Crippen molar-refractivity contribution in [1.29, 1.82) is 0 Å². The van der Waals surface area contributed by atoms with Gasteiger partial charge < -0.3 is 34.1 Å². The summed E-state index contributed by atoms with van der Waals surface area (Å²) < 4.78 is 23.3. The number of hydrogen-bond acceptors (Lipinski definition) is 7. The van der Waals surface area contributed by atoms with E-state index in [4.69, 9.17) is 18.9 Å². The lowest BCUT2D eigenvalue weighted by Crippen LogP contribution is -2.55. The van der Waals surface area contributed by atoms with E-state index < -0.39 is 23.8 Å². The Morgan fingerprint density at radius 2 is 1.37 bits per heavy atom. The minimum absolute atomic E-state index is 0.0648. The Balaban J connectivity index is 1.64. The molecule has 2 atom stereocenters. The summed E-state index contributed by atoms with van der Waals surface area (Å²) in [4.78, 5) is 15.3. The highest BCUT2D eigenvalue weighted by molar-refractivity contribution is 6.05. The van der Waals surface area contributed by atoms with Crippen LogP contribution in [0.25, 0.3) is 0 Å². The first-order valence-electron chi connectivity index (χ1n) is 12.0. The second kappa shape index (κ2) is 10.3. The van der Waals surface area contributed by atoms with Gasteiger partial charge in [-0.05, 0) is 29.8 Å². The Kier molecular flexibility index (Phi) is 6.74. The monoisotopic (exact) mass is 516 g/mol. The number of aromatic hydroxyl groups is 2. The fraction of sp³-hybridized carbons (Fsp3) is 0.207. The number of rotatable bonds is 9. The summed E-state index contributed by atoms with van der Waals surface area (Å²) in [6.07, 6.45) is 0. The maximum Gasteiger partial charge on any atom is 0.253 e. The molecule has 1 aromatic heterocycles. The van der Waals surface area contributed by atoms with Crippen LogP contribution in [0.5, 0.6) is 34.8 Å². The molecule has 1 amide bonds. The number of carbonyl (C=O) groups is 1. The Bertz CT molecular complexity index is 1410. The summed E-state index contributed by atoms with van der Waals surface area (Å²) in [6, 6.07) is 22.6. The van der Waals surface area contributed by atoms with E-state index in [0.717, 1.165) is 10.1 Å². The van der Waals surface area contributed by atoms with Gasteiger partial charge in [0.2, 0.25) is 23.3 Å². The van der Waals surface area contributed by atoms with Crippen molar-refractivity contribution in [2.75, 3.05) is 26.2 Å². The quantitative estimate of drug-likeness (QED) is 0.307. The first-order valence-corrected chi connectivity index (χ1v) is 12.0. The summed E-state index contributed by atoms with van der Waals surface area (Å²) >= 11 is 0. The molecule has 196 valence electrons. The minimum atomic E-state index is -1.01. The smallest absolute Gasteiger partial charge is 0.253 e. The SMILES string of the molecule is COc1ccc([C@@H]2C(n3c(O)c(OC)c(OC)c3O)C(=O)N2c2ccccc2)c(OCc2ccccc2)c1. The van der Waals surface area contributed by atoms with Crippen molar-refractivity contribution in [2.24, 2.45) is 0 Å². The topological polar surface area (TPSA) is 103 Å². The van der Waals surface area contributed by atoms with Gasteiger partial charge >= 0.3 is 0 Å². The first-order chi connectivity index (χ1) is 18.5. The molecule has 5 rings (SSSR count). The number of anilines is 1. The number of benzene rings is 3. The first kappa shape index (κ1) is 24.9. The van der Waals surface area contributed by atoms with Crippen molar-refractivity contribution in [3.05, 3.63) is 90.0 Å². The third-order valence-corrected chi connectivity index (χ3v) is 6.63. The normalized spacial score (nSPS) is 16.6. The van der Waals surface area contributed by atoms with Gasteiger partial charge in [-0.1, -0.05) is 48.5 Å². The highest BCUT2D eigenvalue weighted by atomic mass is 16.5. The number of nitrogens with zero attached hydrogens (tertiary/aromatic N) is 2. The predicted molar refractivity (Wildman–Crippen MR) is 140 cm³/mol. The van der Waals surface area contributed by atoms with Crippen molar-refractivity contribution in [3.63, 3.8) is 0 Å². The summed E-state index contributed by atoms with van der Waals surface area (Å²) in [7, 11) is 4.25. The van der Waals surface area contributed by atoms with Crippen LogP contribution < -0.4 is 23.8 Å². The predicted octanol–water partition coefficient (Wildman–Crippen LogP) is 4.83. The molecule has 3 aromatic carbocycles. The molecule has 9 nitrogen and oxygen atoms in total. The third kappa shape index (κ3) is 4.11. The van der Waals surface area contributed by atoms with Crippen LogP contribution in [0.3, 0.4) is 0 Å². The highest BCUT2D eigenvalue weighted by Gasteiger charge is 2.53. The molecule has 2 N–H and O–H groups in total. The third-order valence-electron chi connectivity index (χ3n) is 6.63. The Labute approximate surface area is 220 Å². The standard InChI is InChI=1S/C29H28N2O7/c1-35-20-14-15-21(22(16-20)38-17-18-10-6-4-7-11-18)23-24(27(32)30(23)19-12-8-5-9-13-19)31-28(33)25(36-2)26(37-3)29(31)34/h4-16,23-24,33-34H,17H2,1-3H3/t23-,24?/m1/s1. The minimum Gasteiger partial charge on any atom is -0.497 e. The summed E-state index contributed by atoms with van der Waals surface area (Å²) in [6.45, 7) is 0.291. The van der Waals surface area contributed by atoms with E-state index >= 15 is 0 Å². The van der Waals surface area contributed by atoms with Crippen LogP contribution in [0.1, 0.15) is 23.2 Å². The van der Waals surface area contributed by atoms with Crippen molar-refractivity contribution < 1.29 is 34.0 Å². The van der Waals surface area contributed by atoms with Crippen molar-refractivity contribution in [2.45, 2.75) is 18.7 Å². The van der Waals surface area contributed by atoms with Gasteiger partial charge in [0.05, 0.1) is 27.4 Å². The lowest BCUT2D eigenvalue weighted by molar-refractivity contribution is -0.129. The molecule has 1 saturated heterocycles. The highest BCUT2D eigenvalue weighted by Crippen LogP contribution is 2.56. The lowest BCUT2D eigenvalue weighted by atomic mass is 9.86. The van der Waals surface area contributed by atoms with Crippen LogP contribution in [0, 0.1) is 0 Å². The zero-order valence-electron chi connectivity index (χ0n) is 21.2. The maximum absolute atomic E-state index is 13.7. The van der Waals surface area contributed by atoms with Crippen LogP contribution in [-0.2, 0) is 11.4 Å². The van der Waals surface area contributed by atoms with Crippen molar-refractivity contribution in [1.82, 2.24) is 4.57 Å². The second-order valence-electron chi connectivity index (χ2n) is 8.70. The molecule has 1 aliphatic rings. The number of amides is 1. The fourth-order valence-corrected chi connectivity index (χ4v) is 4.81. The van der Waals surface area contributed by atoms with Gasteiger partial charge in [0.15, 0.2) is 0 Å². The second-order valence-corrected chi connectivity index (χ2v) is 8.70. The van der Waals surface area contributed by atoms with Crippen LogP contribution in [-0.4, -0.2) is 42.0 Å². The van der Waals surface area contributed by atoms with E-state index in [2.05, 4.69) is 0 Å².